The molecule has 0 saturated heterocycles. The van der Waals surface area contributed by atoms with Crippen LogP contribution in [0.3, 0.4) is 0 Å². The fraction of sp³-hybridized carbons (Fsp3) is 0.0455. The Morgan fingerprint density at radius 2 is 1.93 bits per heavy atom. The normalized spacial score (nSPS) is 11.6. The number of carbonyl (C=O) groups excluding carboxylic acids is 1. The van der Waals surface area contributed by atoms with Crippen molar-refractivity contribution in [3.8, 4) is 6.07 Å². The van der Waals surface area contributed by atoms with E-state index in [1.54, 1.807) is 46.9 Å². The van der Waals surface area contributed by atoms with Crippen molar-refractivity contribution in [2.24, 2.45) is 0 Å². The lowest BCUT2D eigenvalue weighted by atomic mass is 10.1. The molecule has 0 bridgehead atoms. The van der Waals surface area contributed by atoms with Crippen molar-refractivity contribution in [1.29, 1.82) is 5.26 Å². The summed E-state index contributed by atoms with van der Waals surface area (Å²) in [6.07, 6.45) is 1.41. The molecular weight excluding hydrogens is 390 g/mol. The van der Waals surface area contributed by atoms with Crippen LogP contribution in [0.4, 0.5) is 5.69 Å². The van der Waals surface area contributed by atoms with Gasteiger partial charge >= 0.3 is 5.63 Å². The number of aromatic nitrogens is 1. The SMILES string of the molecule is Cc1cc(/C=C(\C#N)C(=O)Nc2ccc(Cl)cc2)c2oc(=O)c3ccccc3n12. The number of hydrogen-bond acceptors (Lipinski definition) is 4. The molecule has 0 fully saturated rings. The molecule has 7 heteroatoms. The van der Waals surface area contributed by atoms with Gasteiger partial charge in [-0.15, -0.1) is 0 Å². The third kappa shape index (κ3) is 3.40. The van der Waals surface area contributed by atoms with Gasteiger partial charge in [0, 0.05) is 22.0 Å². The van der Waals surface area contributed by atoms with Gasteiger partial charge in [-0.1, -0.05) is 23.7 Å². The summed E-state index contributed by atoms with van der Waals surface area (Å²) in [5, 5.41) is 13.1. The lowest BCUT2D eigenvalue weighted by Crippen LogP contribution is -2.13. The number of fused-ring (bicyclic) bond motifs is 3. The topological polar surface area (TPSA) is 87.5 Å². The van der Waals surface area contributed by atoms with E-state index in [1.807, 2.05) is 25.1 Å². The summed E-state index contributed by atoms with van der Waals surface area (Å²) in [4.78, 5) is 24.9. The lowest BCUT2D eigenvalue weighted by Gasteiger charge is -2.04. The number of nitriles is 1. The number of nitrogens with one attached hydrogen (secondary N) is 1. The van der Waals surface area contributed by atoms with Gasteiger partial charge in [0.1, 0.15) is 11.6 Å². The largest absolute Gasteiger partial charge is 0.405 e. The molecule has 4 aromatic rings. The van der Waals surface area contributed by atoms with Crippen LogP contribution in [0, 0.1) is 18.3 Å². The minimum atomic E-state index is -0.574. The van der Waals surface area contributed by atoms with E-state index in [0.29, 0.717) is 27.2 Å². The second-order valence-electron chi connectivity index (χ2n) is 6.42. The molecule has 1 amide bonds. The summed E-state index contributed by atoms with van der Waals surface area (Å²) in [5.41, 5.74) is 2.15. The van der Waals surface area contributed by atoms with E-state index < -0.39 is 11.5 Å². The van der Waals surface area contributed by atoms with Crippen molar-refractivity contribution in [1.82, 2.24) is 4.40 Å². The van der Waals surface area contributed by atoms with E-state index in [2.05, 4.69) is 5.32 Å². The third-order valence-electron chi connectivity index (χ3n) is 4.49. The number of anilines is 1. The van der Waals surface area contributed by atoms with Crippen LogP contribution in [-0.4, -0.2) is 10.3 Å². The Morgan fingerprint density at radius 1 is 1.21 bits per heavy atom. The van der Waals surface area contributed by atoms with Crippen LogP contribution in [-0.2, 0) is 4.79 Å². The van der Waals surface area contributed by atoms with E-state index in [0.717, 1.165) is 5.69 Å². The Balaban J connectivity index is 1.80. The molecule has 1 N–H and O–H groups in total. The van der Waals surface area contributed by atoms with Gasteiger partial charge in [-0.3, -0.25) is 9.20 Å². The lowest BCUT2D eigenvalue weighted by molar-refractivity contribution is -0.112. The van der Waals surface area contributed by atoms with E-state index in [-0.39, 0.29) is 11.3 Å². The van der Waals surface area contributed by atoms with Crippen LogP contribution in [0.1, 0.15) is 11.3 Å². The smallest absolute Gasteiger partial charge is 0.346 e. The molecule has 29 heavy (non-hydrogen) atoms. The van der Waals surface area contributed by atoms with Gasteiger partial charge < -0.3 is 9.73 Å². The number of rotatable bonds is 3. The number of carbonyl (C=O) groups is 1. The van der Waals surface area contributed by atoms with Crippen molar-refractivity contribution >= 4 is 45.9 Å². The number of para-hydroxylation sites is 1. The summed E-state index contributed by atoms with van der Waals surface area (Å²) in [6, 6.07) is 17.3. The van der Waals surface area contributed by atoms with E-state index in [1.165, 1.54) is 6.08 Å². The molecule has 0 radical (unpaired) electrons. The summed E-state index contributed by atoms with van der Waals surface area (Å²) >= 11 is 5.84. The molecule has 142 valence electrons. The fourth-order valence-electron chi connectivity index (χ4n) is 3.17. The Hall–Kier alpha value is -3.82. The molecule has 0 aliphatic rings. The van der Waals surface area contributed by atoms with Crippen LogP contribution in [0.2, 0.25) is 5.02 Å². The van der Waals surface area contributed by atoms with Gasteiger partial charge in [-0.2, -0.15) is 5.26 Å². The zero-order valence-electron chi connectivity index (χ0n) is 15.3. The Bertz CT molecular complexity index is 1390. The van der Waals surface area contributed by atoms with Crippen molar-refractivity contribution < 1.29 is 9.21 Å². The molecular formula is C22H14ClN3O3. The maximum atomic E-state index is 12.5. The molecule has 0 aliphatic carbocycles. The molecule has 4 rings (SSSR count). The van der Waals surface area contributed by atoms with Crippen molar-refractivity contribution in [3.63, 3.8) is 0 Å². The highest BCUT2D eigenvalue weighted by molar-refractivity contribution is 6.30. The summed E-state index contributed by atoms with van der Waals surface area (Å²) < 4.78 is 7.28. The first kappa shape index (κ1) is 18.5. The van der Waals surface area contributed by atoms with Gasteiger partial charge in [0.2, 0.25) is 5.71 Å². The molecule has 0 atom stereocenters. The summed E-state index contributed by atoms with van der Waals surface area (Å²) in [5.74, 6) is -0.574. The maximum Gasteiger partial charge on any atom is 0.346 e. The third-order valence-corrected chi connectivity index (χ3v) is 4.74. The molecule has 6 nitrogen and oxygen atoms in total. The van der Waals surface area contributed by atoms with Crippen LogP contribution < -0.4 is 10.9 Å². The number of benzene rings is 2. The first-order chi connectivity index (χ1) is 14.0. The Kier molecular flexibility index (Phi) is 4.67. The maximum absolute atomic E-state index is 12.5. The molecule has 0 aliphatic heterocycles. The Labute approximate surface area is 170 Å². The van der Waals surface area contributed by atoms with Gasteiger partial charge in [0.25, 0.3) is 5.91 Å². The molecule has 2 heterocycles. The number of aryl methyl sites for hydroxylation is 1. The molecule has 2 aromatic carbocycles. The van der Waals surface area contributed by atoms with Gasteiger partial charge in [-0.05, 0) is 55.5 Å². The second kappa shape index (κ2) is 7.30. The van der Waals surface area contributed by atoms with Crippen LogP contribution >= 0.6 is 11.6 Å². The van der Waals surface area contributed by atoms with E-state index in [4.69, 9.17) is 16.0 Å². The quantitative estimate of drug-likeness (QED) is 0.401. The fourth-order valence-corrected chi connectivity index (χ4v) is 3.29. The first-order valence-electron chi connectivity index (χ1n) is 8.70. The number of nitrogens with zero attached hydrogens (tertiary/aromatic N) is 2. The van der Waals surface area contributed by atoms with Gasteiger partial charge in [0.15, 0.2) is 0 Å². The molecule has 0 unspecified atom stereocenters. The number of halogens is 1. The average Bonchev–Trinajstić information content (AvgIpc) is 3.03. The van der Waals surface area contributed by atoms with Crippen LogP contribution in [0.25, 0.3) is 22.7 Å². The number of hydrogen-bond donors (Lipinski definition) is 1. The predicted molar refractivity (Wildman–Crippen MR) is 112 cm³/mol. The van der Waals surface area contributed by atoms with E-state index in [9.17, 15) is 14.9 Å². The monoisotopic (exact) mass is 403 g/mol. The van der Waals surface area contributed by atoms with Crippen molar-refractivity contribution in [2.75, 3.05) is 5.32 Å². The van der Waals surface area contributed by atoms with Crippen LogP contribution in [0.5, 0.6) is 0 Å². The molecule has 0 saturated carbocycles. The molecule has 2 aromatic heterocycles. The zero-order chi connectivity index (χ0) is 20.5. The minimum absolute atomic E-state index is 0.122. The Morgan fingerprint density at radius 3 is 2.66 bits per heavy atom. The molecule has 0 spiro atoms. The summed E-state index contributed by atoms with van der Waals surface area (Å²) in [6.45, 7) is 1.86. The van der Waals surface area contributed by atoms with Gasteiger partial charge in [0.05, 0.1) is 10.9 Å². The second-order valence-corrected chi connectivity index (χ2v) is 6.86. The minimum Gasteiger partial charge on any atom is -0.405 e. The predicted octanol–water partition coefficient (Wildman–Crippen LogP) is 4.55. The van der Waals surface area contributed by atoms with Crippen LogP contribution in [0.15, 0.2) is 69.4 Å². The highest BCUT2D eigenvalue weighted by Crippen LogP contribution is 2.24. The standard InChI is InChI=1S/C22H14ClN3O3/c1-13-10-14(21-26(13)19-5-3-2-4-18(19)22(28)29-21)11-15(12-24)20(27)25-17-8-6-16(23)7-9-17/h2-11H,1H3,(H,25,27)/b15-11+. The highest BCUT2D eigenvalue weighted by Gasteiger charge is 2.16. The highest BCUT2D eigenvalue weighted by atomic mass is 35.5. The average molecular weight is 404 g/mol. The summed E-state index contributed by atoms with van der Waals surface area (Å²) in [7, 11) is 0. The zero-order valence-corrected chi connectivity index (χ0v) is 16.0. The first-order valence-corrected chi connectivity index (χ1v) is 9.08. The number of amides is 1. The van der Waals surface area contributed by atoms with Gasteiger partial charge in [-0.25, -0.2) is 4.79 Å². The van der Waals surface area contributed by atoms with E-state index >= 15 is 0 Å². The van der Waals surface area contributed by atoms with Crippen molar-refractivity contribution in [3.05, 3.63) is 86.9 Å². The van der Waals surface area contributed by atoms with Crippen molar-refractivity contribution in [2.45, 2.75) is 6.92 Å².